The average molecular weight is 409 g/mol. The van der Waals surface area contributed by atoms with Crippen LogP contribution in [0.5, 0.6) is 23.0 Å². The van der Waals surface area contributed by atoms with Gasteiger partial charge >= 0.3 is 11.9 Å². The van der Waals surface area contributed by atoms with E-state index in [-0.39, 0.29) is 29.4 Å². The van der Waals surface area contributed by atoms with Gasteiger partial charge in [0, 0.05) is 22.2 Å². The molecule has 0 heterocycles. The molecule has 6 nitrogen and oxygen atoms in total. The van der Waals surface area contributed by atoms with Crippen LogP contribution in [-0.2, 0) is 9.59 Å². The number of hydrogen-bond donors (Lipinski definition) is 0. The molecule has 2 rings (SSSR count). The van der Waals surface area contributed by atoms with E-state index in [4.69, 9.17) is 30.5 Å². The summed E-state index contributed by atoms with van der Waals surface area (Å²) in [6, 6.07) is 4.96. The first kappa shape index (κ1) is 21.8. The Balaban J connectivity index is 2.80. The molecule has 0 aromatic heterocycles. The van der Waals surface area contributed by atoms with E-state index < -0.39 is 17.4 Å². The van der Waals surface area contributed by atoms with Crippen LogP contribution in [-0.4, -0.2) is 26.2 Å². The minimum absolute atomic E-state index is 0.151. The second kappa shape index (κ2) is 8.69. The van der Waals surface area contributed by atoms with E-state index in [1.807, 2.05) is 6.92 Å². The molecule has 0 N–H and O–H groups in total. The van der Waals surface area contributed by atoms with Crippen molar-refractivity contribution in [2.45, 2.75) is 40.5 Å². The molecule has 7 heteroatoms. The summed E-state index contributed by atoms with van der Waals surface area (Å²) in [6.45, 7) is 7.13. The molecule has 2 aromatic carbocycles. The molecule has 0 spiro atoms. The zero-order chi connectivity index (χ0) is 21.1. The van der Waals surface area contributed by atoms with Gasteiger partial charge in [-0.1, -0.05) is 18.5 Å². The minimum Gasteiger partial charge on any atom is -0.490 e. The van der Waals surface area contributed by atoms with Crippen LogP contribution in [0, 0.1) is 5.41 Å². The summed E-state index contributed by atoms with van der Waals surface area (Å²) in [6.07, 6.45) is 0.881. The van der Waals surface area contributed by atoms with Gasteiger partial charge in [0.1, 0.15) is 0 Å². The van der Waals surface area contributed by atoms with Gasteiger partial charge in [-0.05, 0) is 45.4 Å². The fraction of sp³-hybridized carbons (Fsp3) is 0.429. The van der Waals surface area contributed by atoms with Gasteiger partial charge in [0.25, 0.3) is 0 Å². The Labute approximate surface area is 169 Å². The lowest BCUT2D eigenvalue weighted by Crippen LogP contribution is -2.26. The maximum atomic E-state index is 12.5. The minimum atomic E-state index is -0.733. The third kappa shape index (κ3) is 4.50. The summed E-state index contributed by atoms with van der Waals surface area (Å²) in [7, 11) is 2.84. The monoisotopic (exact) mass is 408 g/mol. The predicted molar refractivity (Wildman–Crippen MR) is 108 cm³/mol. The lowest BCUT2D eigenvalue weighted by atomic mass is 9.97. The van der Waals surface area contributed by atoms with Gasteiger partial charge in [-0.25, -0.2) is 0 Å². The highest BCUT2D eigenvalue weighted by atomic mass is 35.5. The van der Waals surface area contributed by atoms with E-state index in [9.17, 15) is 9.59 Å². The SMILES string of the molecule is CCCC(=O)Oc1c(OC)c(OC)c(OC(=O)C(C)(C)C)c2ccc(Cl)cc12. The lowest BCUT2D eigenvalue weighted by molar-refractivity contribution is -0.143. The largest absolute Gasteiger partial charge is 0.490 e. The Kier molecular flexibility index (Phi) is 6.77. The highest BCUT2D eigenvalue weighted by Crippen LogP contribution is 2.52. The molecule has 2 aromatic rings. The van der Waals surface area contributed by atoms with Crippen molar-refractivity contribution in [1.29, 1.82) is 0 Å². The molecule has 0 saturated heterocycles. The molecule has 152 valence electrons. The third-order valence-corrected chi connectivity index (χ3v) is 4.21. The van der Waals surface area contributed by atoms with Crippen molar-refractivity contribution in [3.8, 4) is 23.0 Å². The van der Waals surface area contributed by atoms with Crippen molar-refractivity contribution < 1.29 is 28.5 Å². The number of rotatable bonds is 6. The van der Waals surface area contributed by atoms with Gasteiger partial charge in [-0.2, -0.15) is 0 Å². The zero-order valence-corrected chi connectivity index (χ0v) is 17.7. The van der Waals surface area contributed by atoms with Gasteiger partial charge in [-0.15, -0.1) is 0 Å². The molecule has 0 atom stereocenters. The highest BCUT2D eigenvalue weighted by molar-refractivity contribution is 6.31. The summed E-state index contributed by atoms with van der Waals surface area (Å²) in [4.78, 5) is 24.7. The van der Waals surface area contributed by atoms with E-state index in [0.717, 1.165) is 0 Å². The summed E-state index contributed by atoms with van der Waals surface area (Å²) >= 11 is 6.17. The molecule has 0 saturated carbocycles. The standard InChI is InChI=1S/C21H25ClO6/c1-7-8-15(23)27-17-14-11-12(22)9-10-13(14)16(18(25-5)19(17)26-6)28-20(24)21(2,3)4/h9-11H,7-8H2,1-6H3. The number of hydrogen-bond acceptors (Lipinski definition) is 6. The van der Waals surface area contributed by atoms with Crippen molar-refractivity contribution in [2.24, 2.45) is 5.41 Å². The Morgan fingerprint density at radius 1 is 0.929 bits per heavy atom. The molecule has 0 aliphatic rings. The van der Waals surface area contributed by atoms with Gasteiger partial charge in [0.05, 0.1) is 19.6 Å². The zero-order valence-electron chi connectivity index (χ0n) is 17.0. The van der Waals surface area contributed by atoms with Crippen LogP contribution in [0.3, 0.4) is 0 Å². The van der Waals surface area contributed by atoms with Crippen molar-refractivity contribution in [2.75, 3.05) is 14.2 Å². The first-order valence-corrected chi connectivity index (χ1v) is 9.32. The van der Waals surface area contributed by atoms with E-state index in [1.54, 1.807) is 39.0 Å². The molecule has 0 fully saturated rings. The molecule has 0 amide bonds. The Morgan fingerprint density at radius 2 is 1.50 bits per heavy atom. The number of carbonyl (C=O) groups excluding carboxylic acids is 2. The number of halogens is 1. The quantitative estimate of drug-likeness (QED) is 0.485. The molecule has 0 aliphatic heterocycles. The average Bonchev–Trinajstić information content (AvgIpc) is 2.62. The number of fused-ring (bicyclic) bond motifs is 1. The van der Waals surface area contributed by atoms with E-state index >= 15 is 0 Å². The van der Waals surface area contributed by atoms with Gasteiger partial charge in [0.15, 0.2) is 11.5 Å². The molecule has 0 bridgehead atoms. The topological polar surface area (TPSA) is 71.1 Å². The van der Waals surface area contributed by atoms with Crippen molar-refractivity contribution in [3.63, 3.8) is 0 Å². The molecule has 0 radical (unpaired) electrons. The van der Waals surface area contributed by atoms with Crippen LogP contribution in [0.4, 0.5) is 0 Å². The van der Waals surface area contributed by atoms with E-state index in [2.05, 4.69) is 0 Å². The second-order valence-corrected chi connectivity index (χ2v) is 7.71. The molecule has 0 aliphatic carbocycles. The Hall–Kier alpha value is -2.47. The summed E-state index contributed by atoms with van der Waals surface area (Å²) in [5, 5.41) is 1.42. The van der Waals surface area contributed by atoms with Gasteiger partial charge in [0.2, 0.25) is 11.5 Å². The molecule has 0 unspecified atom stereocenters. The van der Waals surface area contributed by atoms with Gasteiger partial charge < -0.3 is 18.9 Å². The van der Waals surface area contributed by atoms with Crippen molar-refractivity contribution in [3.05, 3.63) is 23.2 Å². The summed E-state index contributed by atoms with van der Waals surface area (Å²) in [5.74, 6) is -0.192. The lowest BCUT2D eigenvalue weighted by Gasteiger charge is -2.22. The van der Waals surface area contributed by atoms with E-state index in [1.165, 1.54) is 14.2 Å². The van der Waals surface area contributed by atoms with Crippen LogP contribution >= 0.6 is 11.6 Å². The number of ether oxygens (including phenoxy) is 4. The smallest absolute Gasteiger partial charge is 0.316 e. The highest BCUT2D eigenvalue weighted by Gasteiger charge is 2.30. The summed E-state index contributed by atoms with van der Waals surface area (Å²) < 4.78 is 22.2. The molecular weight excluding hydrogens is 384 g/mol. The number of carbonyl (C=O) groups is 2. The maximum Gasteiger partial charge on any atom is 0.316 e. The Bertz CT molecular complexity index is 898. The van der Waals surface area contributed by atoms with E-state index in [0.29, 0.717) is 22.2 Å². The van der Waals surface area contributed by atoms with Crippen LogP contribution in [0.25, 0.3) is 10.8 Å². The van der Waals surface area contributed by atoms with Gasteiger partial charge in [-0.3, -0.25) is 9.59 Å². The summed E-state index contributed by atoms with van der Waals surface area (Å²) in [5.41, 5.74) is -0.733. The predicted octanol–water partition coefficient (Wildman–Crippen LogP) is 5.17. The molecule has 28 heavy (non-hydrogen) atoms. The van der Waals surface area contributed by atoms with Crippen LogP contribution < -0.4 is 18.9 Å². The maximum absolute atomic E-state index is 12.5. The normalized spacial score (nSPS) is 11.2. The first-order chi connectivity index (χ1) is 13.1. The third-order valence-electron chi connectivity index (χ3n) is 3.97. The fourth-order valence-electron chi connectivity index (χ4n) is 2.54. The van der Waals surface area contributed by atoms with Crippen molar-refractivity contribution >= 4 is 34.3 Å². The van der Waals surface area contributed by atoms with Crippen LogP contribution in [0.2, 0.25) is 5.02 Å². The van der Waals surface area contributed by atoms with Crippen LogP contribution in [0.1, 0.15) is 40.5 Å². The number of benzene rings is 2. The second-order valence-electron chi connectivity index (χ2n) is 7.28. The Morgan fingerprint density at radius 3 is 2.00 bits per heavy atom. The van der Waals surface area contributed by atoms with Crippen molar-refractivity contribution in [1.82, 2.24) is 0 Å². The van der Waals surface area contributed by atoms with Crippen LogP contribution in [0.15, 0.2) is 18.2 Å². The first-order valence-electron chi connectivity index (χ1n) is 8.94. The molecular formula is C21H25ClO6. The fourth-order valence-corrected chi connectivity index (χ4v) is 2.71. The number of esters is 2. The number of methoxy groups -OCH3 is 2.